The fraction of sp³-hybridized carbons (Fsp3) is 0.882. The molecule has 0 spiro atoms. The normalized spacial score (nSPS) is 11.3. The summed E-state index contributed by atoms with van der Waals surface area (Å²) in [4.78, 5) is 23.7. The maximum Gasteiger partial charge on any atom is 0.305 e. The van der Waals surface area contributed by atoms with Crippen molar-refractivity contribution in [1.29, 1.82) is 0 Å². The molecule has 0 atom stereocenters. The van der Waals surface area contributed by atoms with E-state index in [9.17, 15) is 9.59 Å². The van der Waals surface area contributed by atoms with E-state index in [1.165, 1.54) is 96.3 Å². The molecular weight excluding hydrogens is 472 g/mol. The quantitative estimate of drug-likeness (QED) is 0.0520. The lowest BCUT2D eigenvalue weighted by Crippen LogP contribution is -2.06. The van der Waals surface area contributed by atoms with Crippen LogP contribution in [0.25, 0.3) is 0 Å². The Morgan fingerprint density at radius 3 is 1.24 bits per heavy atom. The second-order valence-electron chi connectivity index (χ2n) is 11.0. The van der Waals surface area contributed by atoms with E-state index in [1.807, 2.05) is 0 Å². The average molecular weight is 537 g/mol. The van der Waals surface area contributed by atoms with Gasteiger partial charge in [-0.15, -0.1) is 0 Å². The maximum absolute atomic E-state index is 11.9. The SMILES string of the molecule is CC/C=C\CCCCCCCCCCOC(=O)CCCCCCCCC(=O)OCCCCCCCCCC. The van der Waals surface area contributed by atoms with Crippen LogP contribution in [0.1, 0.15) is 181 Å². The predicted molar refractivity (Wildman–Crippen MR) is 162 cm³/mol. The van der Waals surface area contributed by atoms with Crippen LogP contribution in [0, 0.1) is 0 Å². The zero-order valence-electron chi connectivity index (χ0n) is 25.6. The minimum atomic E-state index is -0.0404. The van der Waals surface area contributed by atoms with Crippen molar-refractivity contribution in [2.45, 2.75) is 181 Å². The topological polar surface area (TPSA) is 52.6 Å². The van der Waals surface area contributed by atoms with Crippen molar-refractivity contribution in [3.8, 4) is 0 Å². The van der Waals surface area contributed by atoms with E-state index in [2.05, 4.69) is 26.0 Å². The van der Waals surface area contributed by atoms with Gasteiger partial charge in [0.2, 0.25) is 0 Å². The molecule has 0 aliphatic carbocycles. The van der Waals surface area contributed by atoms with Gasteiger partial charge in [0.25, 0.3) is 0 Å². The Balaban J connectivity index is 3.26. The van der Waals surface area contributed by atoms with Crippen LogP contribution < -0.4 is 0 Å². The number of hydrogen-bond donors (Lipinski definition) is 0. The molecule has 0 bridgehead atoms. The molecule has 0 aromatic carbocycles. The lowest BCUT2D eigenvalue weighted by Gasteiger charge is -2.06. The van der Waals surface area contributed by atoms with E-state index in [0.29, 0.717) is 26.1 Å². The first-order valence-electron chi connectivity index (χ1n) is 16.7. The van der Waals surface area contributed by atoms with Crippen LogP contribution in [0.3, 0.4) is 0 Å². The van der Waals surface area contributed by atoms with Gasteiger partial charge in [-0.3, -0.25) is 9.59 Å². The maximum atomic E-state index is 11.9. The third-order valence-electron chi connectivity index (χ3n) is 7.20. The standard InChI is InChI=1S/C34H64O4/c1-3-5-7-9-11-13-14-15-16-20-24-28-32-38-34(36)30-26-22-18-17-21-25-29-33(35)37-31-27-23-19-12-10-8-6-4-2/h5,7H,3-4,6,8-32H2,1-2H3/b7-5-. The van der Waals surface area contributed by atoms with E-state index < -0.39 is 0 Å². The van der Waals surface area contributed by atoms with E-state index in [-0.39, 0.29) is 11.9 Å². The van der Waals surface area contributed by atoms with Crippen LogP contribution in [0.5, 0.6) is 0 Å². The summed E-state index contributed by atoms with van der Waals surface area (Å²) >= 11 is 0. The van der Waals surface area contributed by atoms with Crippen LogP contribution in [0.2, 0.25) is 0 Å². The third kappa shape index (κ3) is 30.9. The number of esters is 2. The molecule has 0 unspecified atom stereocenters. The molecule has 0 aromatic rings. The number of carbonyl (C=O) groups is 2. The van der Waals surface area contributed by atoms with Crippen molar-refractivity contribution < 1.29 is 19.1 Å². The first-order valence-corrected chi connectivity index (χ1v) is 16.7. The smallest absolute Gasteiger partial charge is 0.305 e. The van der Waals surface area contributed by atoms with Gasteiger partial charge < -0.3 is 9.47 Å². The first kappa shape index (κ1) is 36.7. The zero-order chi connectivity index (χ0) is 27.8. The van der Waals surface area contributed by atoms with Crippen molar-refractivity contribution >= 4 is 11.9 Å². The molecule has 0 saturated carbocycles. The van der Waals surface area contributed by atoms with Crippen molar-refractivity contribution in [1.82, 2.24) is 0 Å². The number of rotatable bonds is 30. The van der Waals surface area contributed by atoms with Gasteiger partial charge >= 0.3 is 11.9 Å². The molecule has 0 saturated heterocycles. The number of carbonyl (C=O) groups excluding carboxylic acids is 2. The molecule has 38 heavy (non-hydrogen) atoms. The highest BCUT2D eigenvalue weighted by Crippen LogP contribution is 2.12. The van der Waals surface area contributed by atoms with E-state index >= 15 is 0 Å². The lowest BCUT2D eigenvalue weighted by molar-refractivity contribution is -0.144. The van der Waals surface area contributed by atoms with Crippen molar-refractivity contribution in [3.05, 3.63) is 12.2 Å². The summed E-state index contributed by atoms with van der Waals surface area (Å²) < 4.78 is 10.7. The van der Waals surface area contributed by atoms with Gasteiger partial charge in [0.05, 0.1) is 13.2 Å². The van der Waals surface area contributed by atoms with E-state index in [1.54, 1.807) is 0 Å². The van der Waals surface area contributed by atoms with Gasteiger partial charge in [-0.25, -0.2) is 0 Å². The highest BCUT2D eigenvalue weighted by Gasteiger charge is 2.04. The Kier molecular flexibility index (Phi) is 30.8. The molecule has 0 amide bonds. The Bertz CT molecular complexity index is 529. The minimum Gasteiger partial charge on any atom is -0.466 e. The van der Waals surface area contributed by atoms with Crippen LogP contribution >= 0.6 is 0 Å². The van der Waals surface area contributed by atoms with Gasteiger partial charge in [0.15, 0.2) is 0 Å². The molecule has 0 N–H and O–H groups in total. The number of allylic oxidation sites excluding steroid dienone is 2. The molecule has 0 rings (SSSR count). The molecule has 0 aromatic heterocycles. The zero-order valence-corrected chi connectivity index (χ0v) is 25.6. The van der Waals surface area contributed by atoms with Crippen LogP contribution in [-0.4, -0.2) is 25.2 Å². The summed E-state index contributed by atoms with van der Waals surface area (Å²) in [6.45, 7) is 5.60. The fourth-order valence-corrected chi connectivity index (χ4v) is 4.71. The summed E-state index contributed by atoms with van der Waals surface area (Å²) in [6, 6.07) is 0. The van der Waals surface area contributed by atoms with Gasteiger partial charge in [-0.1, -0.05) is 135 Å². The Hall–Kier alpha value is -1.32. The Labute approximate surface area is 237 Å². The lowest BCUT2D eigenvalue weighted by atomic mass is 10.1. The van der Waals surface area contributed by atoms with E-state index in [0.717, 1.165) is 57.8 Å². The van der Waals surface area contributed by atoms with Crippen molar-refractivity contribution in [3.63, 3.8) is 0 Å². The average Bonchev–Trinajstić information content (AvgIpc) is 2.91. The number of ether oxygens (including phenoxy) is 2. The van der Waals surface area contributed by atoms with Crippen LogP contribution in [0.4, 0.5) is 0 Å². The van der Waals surface area contributed by atoms with Gasteiger partial charge in [-0.2, -0.15) is 0 Å². The highest BCUT2D eigenvalue weighted by molar-refractivity contribution is 5.69. The van der Waals surface area contributed by atoms with Crippen molar-refractivity contribution in [2.24, 2.45) is 0 Å². The molecule has 0 radical (unpaired) electrons. The largest absolute Gasteiger partial charge is 0.466 e. The summed E-state index contributed by atoms with van der Waals surface area (Å²) in [5.74, 6) is -0.0805. The summed E-state index contributed by atoms with van der Waals surface area (Å²) in [7, 11) is 0. The fourth-order valence-electron chi connectivity index (χ4n) is 4.71. The van der Waals surface area contributed by atoms with Gasteiger partial charge in [-0.05, 0) is 44.9 Å². The third-order valence-corrected chi connectivity index (χ3v) is 7.20. The second-order valence-corrected chi connectivity index (χ2v) is 11.0. The Morgan fingerprint density at radius 2 is 0.816 bits per heavy atom. The summed E-state index contributed by atoms with van der Waals surface area (Å²) in [5, 5.41) is 0. The summed E-state index contributed by atoms with van der Waals surface area (Å²) in [6.07, 6.45) is 34.4. The first-order chi connectivity index (χ1) is 18.7. The van der Waals surface area contributed by atoms with Crippen LogP contribution in [-0.2, 0) is 19.1 Å². The predicted octanol–water partition coefficient (Wildman–Crippen LogP) is 10.8. The molecule has 0 fully saturated rings. The molecule has 4 nitrogen and oxygen atoms in total. The second kappa shape index (κ2) is 31.9. The highest BCUT2D eigenvalue weighted by atomic mass is 16.5. The molecule has 4 heteroatoms. The minimum absolute atomic E-state index is 0.0401. The molecular formula is C34H64O4. The van der Waals surface area contributed by atoms with Crippen molar-refractivity contribution in [2.75, 3.05) is 13.2 Å². The molecule has 0 heterocycles. The molecule has 0 aliphatic rings. The van der Waals surface area contributed by atoms with Crippen LogP contribution in [0.15, 0.2) is 12.2 Å². The Morgan fingerprint density at radius 1 is 0.447 bits per heavy atom. The molecule has 0 aliphatic heterocycles. The number of unbranched alkanes of at least 4 members (excludes halogenated alkanes) is 20. The monoisotopic (exact) mass is 536 g/mol. The van der Waals surface area contributed by atoms with Gasteiger partial charge in [0.1, 0.15) is 0 Å². The number of hydrogen-bond acceptors (Lipinski definition) is 4. The summed E-state index contributed by atoms with van der Waals surface area (Å²) in [5.41, 5.74) is 0. The van der Waals surface area contributed by atoms with Gasteiger partial charge in [0, 0.05) is 12.8 Å². The van der Waals surface area contributed by atoms with E-state index in [4.69, 9.17) is 9.47 Å². The molecule has 224 valence electrons.